The minimum absolute atomic E-state index is 0.0401. The second-order valence-electron chi connectivity index (χ2n) is 6.96. The van der Waals surface area contributed by atoms with E-state index >= 15 is 0 Å². The highest BCUT2D eigenvalue weighted by molar-refractivity contribution is 6.04. The van der Waals surface area contributed by atoms with Crippen molar-refractivity contribution in [1.82, 2.24) is 0 Å². The fourth-order valence-corrected chi connectivity index (χ4v) is 2.53. The molecule has 2 aromatic rings. The van der Waals surface area contributed by atoms with Crippen molar-refractivity contribution in [3.8, 4) is 0 Å². The molecule has 0 saturated carbocycles. The molecule has 0 radical (unpaired) electrons. The molecule has 0 aromatic heterocycles. The van der Waals surface area contributed by atoms with E-state index in [0.717, 1.165) is 5.56 Å². The maximum atomic E-state index is 12.2. The normalized spacial score (nSPS) is 12.8. The van der Waals surface area contributed by atoms with Gasteiger partial charge in [-0.2, -0.15) is 0 Å². The van der Waals surface area contributed by atoms with Crippen molar-refractivity contribution < 1.29 is 14.3 Å². The Balaban J connectivity index is 2.26. The third-order valence-corrected chi connectivity index (χ3v) is 4.09. The Kier molecular flexibility index (Phi) is 5.92. The van der Waals surface area contributed by atoms with Crippen molar-refractivity contribution in [2.24, 2.45) is 0 Å². The second kappa shape index (κ2) is 7.93. The lowest BCUT2D eigenvalue weighted by molar-refractivity contribution is -0.141. The third kappa shape index (κ3) is 4.90. The molecule has 0 aliphatic carbocycles. The minimum atomic E-state index is -0.605. The summed E-state index contributed by atoms with van der Waals surface area (Å²) >= 11 is 0. The molecule has 0 aliphatic heterocycles. The summed E-state index contributed by atoms with van der Waals surface area (Å²) in [6.45, 7) is 6.41. The van der Waals surface area contributed by atoms with Crippen LogP contribution in [-0.2, 0) is 14.9 Å². The zero-order chi connectivity index (χ0) is 18.4. The summed E-state index contributed by atoms with van der Waals surface area (Å²) in [4.78, 5) is 24.4. The molecule has 2 rings (SSSR count). The first-order valence-corrected chi connectivity index (χ1v) is 8.29. The van der Waals surface area contributed by atoms with E-state index < -0.39 is 5.92 Å². The Bertz CT molecular complexity index is 750. The number of benzene rings is 2. The summed E-state index contributed by atoms with van der Waals surface area (Å²) < 4.78 is 4.90. The summed E-state index contributed by atoms with van der Waals surface area (Å²) in [7, 11) is 1.35. The van der Waals surface area contributed by atoms with Gasteiger partial charge in [-0.05, 0) is 22.6 Å². The Labute approximate surface area is 149 Å². The molecule has 0 amide bonds. The Morgan fingerprint density at radius 1 is 0.960 bits per heavy atom. The van der Waals surface area contributed by atoms with Gasteiger partial charge in [-0.1, -0.05) is 81.4 Å². The molecule has 0 fully saturated rings. The fraction of sp³-hybridized carbons (Fsp3) is 0.273. The van der Waals surface area contributed by atoms with E-state index in [1.807, 2.05) is 42.5 Å². The van der Waals surface area contributed by atoms with Crippen LogP contribution in [0.1, 0.15) is 48.2 Å². The SMILES string of the molecule is COC(=O)C(/C=C/C(=O)c1ccccc1)c1ccc(C(C)(C)C)cc1. The van der Waals surface area contributed by atoms with E-state index in [-0.39, 0.29) is 17.2 Å². The van der Waals surface area contributed by atoms with Gasteiger partial charge in [0.1, 0.15) is 5.92 Å². The minimum Gasteiger partial charge on any atom is -0.468 e. The zero-order valence-electron chi connectivity index (χ0n) is 15.2. The van der Waals surface area contributed by atoms with Gasteiger partial charge in [0.15, 0.2) is 5.78 Å². The van der Waals surface area contributed by atoms with Crippen molar-refractivity contribution in [2.45, 2.75) is 32.1 Å². The summed E-state index contributed by atoms with van der Waals surface area (Å²) in [5, 5.41) is 0. The Hall–Kier alpha value is -2.68. The van der Waals surface area contributed by atoms with Crippen LogP contribution in [0.15, 0.2) is 66.7 Å². The van der Waals surface area contributed by atoms with Crippen molar-refractivity contribution >= 4 is 11.8 Å². The van der Waals surface area contributed by atoms with Gasteiger partial charge in [0.25, 0.3) is 0 Å². The highest BCUT2D eigenvalue weighted by atomic mass is 16.5. The molecule has 0 heterocycles. The van der Waals surface area contributed by atoms with Gasteiger partial charge >= 0.3 is 5.97 Å². The van der Waals surface area contributed by atoms with Gasteiger partial charge in [-0.25, -0.2) is 0 Å². The Morgan fingerprint density at radius 3 is 2.08 bits per heavy atom. The maximum absolute atomic E-state index is 12.2. The number of carbonyl (C=O) groups is 2. The van der Waals surface area contributed by atoms with Gasteiger partial charge < -0.3 is 4.74 Å². The first kappa shape index (κ1) is 18.7. The molecule has 0 saturated heterocycles. The van der Waals surface area contributed by atoms with Crippen LogP contribution in [0.25, 0.3) is 0 Å². The van der Waals surface area contributed by atoms with Gasteiger partial charge in [-0.15, -0.1) is 0 Å². The molecule has 3 nitrogen and oxygen atoms in total. The number of carbonyl (C=O) groups excluding carboxylic acids is 2. The topological polar surface area (TPSA) is 43.4 Å². The first-order chi connectivity index (χ1) is 11.8. The van der Waals surface area contributed by atoms with E-state index in [0.29, 0.717) is 5.56 Å². The second-order valence-corrected chi connectivity index (χ2v) is 6.96. The van der Waals surface area contributed by atoms with Crippen LogP contribution in [0.3, 0.4) is 0 Å². The van der Waals surface area contributed by atoms with Gasteiger partial charge in [0.2, 0.25) is 0 Å². The van der Waals surface area contributed by atoms with Crippen LogP contribution in [0.4, 0.5) is 0 Å². The third-order valence-electron chi connectivity index (χ3n) is 4.09. The summed E-state index contributed by atoms with van der Waals surface area (Å²) in [5.41, 5.74) is 2.62. The number of ketones is 1. The summed E-state index contributed by atoms with van der Waals surface area (Å²) in [6, 6.07) is 16.8. The monoisotopic (exact) mass is 336 g/mol. The lowest BCUT2D eigenvalue weighted by Gasteiger charge is -2.20. The smallest absolute Gasteiger partial charge is 0.317 e. The molecule has 0 bridgehead atoms. The van der Waals surface area contributed by atoms with E-state index in [1.54, 1.807) is 18.2 Å². The lowest BCUT2D eigenvalue weighted by Crippen LogP contribution is -2.14. The van der Waals surface area contributed by atoms with Crippen LogP contribution in [0.5, 0.6) is 0 Å². The number of rotatable bonds is 5. The summed E-state index contributed by atoms with van der Waals surface area (Å²) in [5.74, 6) is -1.13. The summed E-state index contributed by atoms with van der Waals surface area (Å²) in [6.07, 6.45) is 3.04. The first-order valence-electron chi connectivity index (χ1n) is 8.29. The van der Waals surface area contributed by atoms with Gasteiger partial charge in [0.05, 0.1) is 7.11 Å². The quantitative estimate of drug-likeness (QED) is 0.452. The molecule has 1 unspecified atom stereocenters. The number of allylic oxidation sites excluding steroid dienone is 1. The molecule has 0 N–H and O–H groups in total. The molecular weight excluding hydrogens is 312 g/mol. The maximum Gasteiger partial charge on any atom is 0.317 e. The highest BCUT2D eigenvalue weighted by Gasteiger charge is 2.20. The standard InChI is InChI=1S/C22H24O3/c1-22(2,3)18-12-10-16(11-13-18)19(21(24)25-4)14-15-20(23)17-8-6-5-7-9-17/h5-15,19H,1-4H3/b15-14+. The lowest BCUT2D eigenvalue weighted by atomic mass is 9.85. The van der Waals surface area contributed by atoms with Crippen molar-refractivity contribution in [3.05, 3.63) is 83.4 Å². The average molecular weight is 336 g/mol. The van der Waals surface area contributed by atoms with E-state index in [4.69, 9.17) is 4.74 Å². The van der Waals surface area contributed by atoms with Crippen molar-refractivity contribution in [2.75, 3.05) is 7.11 Å². The molecular formula is C22H24O3. The molecule has 130 valence electrons. The van der Waals surface area contributed by atoms with Crippen LogP contribution in [0, 0.1) is 0 Å². The molecule has 3 heteroatoms. The van der Waals surface area contributed by atoms with Gasteiger partial charge in [-0.3, -0.25) is 9.59 Å². The largest absolute Gasteiger partial charge is 0.468 e. The van der Waals surface area contributed by atoms with Gasteiger partial charge in [0, 0.05) is 5.56 Å². The van der Waals surface area contributed by atoms with Crippen LogP contribution >= 0.6 is 0 Å². The van der Waals surface area contributed by atoms with E-state index in [2.05, 4.69) is 20.8 Å². The van der Waals surface area contributed by atoms with E-state index in [1.165, 1.54) is 18.7 Å². The predicted octanol–water partition coefficient (Wildman–Crippen LogP) is 4.68. The molecule has 0 spiro atoms. The number of methoxy groups -OCH3 is 1. The van der Waals surface area contributed by atoms with Crippen molar-refractivity contribution in [1.29, 1.82) is 0 Å². The zero-order valence-corrected chi connectivity index (χ0v) is 15.2. The highest BCUT2D eigenvalue weighted by Crippen LogP contribution is 2.26. The molecule has 0 aliphatic rings. The number of hydrogen-bond donors (Lipinski definition) is 0. The predicted molar refractivity (Wildman–Crippen MR) is 99.8 cm³/mol. The van der Waals surface area contributed by atoms with Crippen LogP contribution in [-0.4, -0.2) is 18.9 Å². The van der Waals surface area contributed by atoms with Crippen LogP contribution < -0.4 is 0 Å². The number of esters is 1. The van der Waals surface area contributed by atoms with Crippen molar-refractivity contribution in [3.63, 3.8) is 0 Å². The average Bonchev–Trinajstić information content (AvgIpc) is 2.61. The molecule has 25 heavy (non-hydrogen) atoms. The molecule has 2 aromatic carbocycles. The Morgan fingerprint density at radius 2 is 1.56 bits per heavy atom. The van der Waals surface area contributed by atoms with Crippen LogP contribution in [0.2, 0.25) is 0 Å². The fourth-order valence-electron chi connectivity index (χ4n) is 2.53. The molecule has 1 atom stereocenters. The number of ether oxygens (including phenoxy) is 1. The van der Waals surface area contributed by atoms with E-state index in [9.17, 15) is 9.59 Å². The number of hydrogen-bond acceptors (Lipinski definition) is 3.